The Morgan fingerprint density at radius 2 is 1.79 bits per heavy atom. The molecule has 2 aromatic rings. The molecule has 0 spiro atoms. The van der Waals surface area contributed by atoms with Crippen molar-refractivity contribution in [1.29, 1.82) is 10.7 Å². The number of ketones is 1. The smallest absolute Gasteiger partial charge is 0.347 e. The van der Waals surface area contributed by atoms with E-state index in [0.717, 1.165) is 5.69 Å². The van der Waals surface area contributed by atoms with Crippen molar-refractivity contribution in [2.75, 3.05) is 25.6 Å². The Hall–Kier alpha value is -4.01. The highest BCUT2D eigenvalue weighted by Gasteiger charge is 2.24. The lowest BCUT2D eigenvalue weighted by atomic mass is 10.0. The highest BCUT2D eigenvalue weighted by Crippen LogP contribution is 2.14. The summed E-state index contributed by atoms with van der Waals surface area (Å²) in [5.74, 6) is 0.922. The molecule has 1 heterocycles. The second kappa shape index (κ2) is 9.79. The van der Waals surface area contributed by atoms with E-state index in [2.05, 4.69) is 0 Å². The van der Waals surface area contributed by atoms with Crippen molar-refractivity contribution in [2.24, 2.45) is 0 Å². The summed E-state index contributed by atoms with van der Waals surface area (Å²) < 4.78 is 6.49. The van der Waals surface area contributed by atoms with Crippen LogP contribution in [0.1, 0.15) is 22.8 Å². The average Bonchev–Trinajstić information content (AvgIpc) is 2.74. The lowest BCUT2D eigenvalue weighted by Crippen LogP contribution is -2.36. The normalized spacial score (nSPS) is 10.5. The van der Waals surface area contributed by atoms with E-state index in [1.807, 2.05) is 43.1 Å². The summed E-state index contributed by atoms with van der Waals surface area (Å²) in [6.07, 6.45) is 4.66. The molecule has 0 amide bonds. The third kappa shape index (κ3) is 5.25. The van der Waals surface area contributed by atoms with Gasteiger partial charge in [-0.15, -0.1) is 0 Å². The Labute approximate surface area is 169 Å². The SMILES string of the molecule is CCOC(=O)C(=C=N)C=C(C(=O)c1ccc(C#N)cc1)[n+]1ccc(N(C)C)cc1. The van der Waals surface area contributed by atoms with Crippen LogP contribution in [-0.4, -0.2) is 38.3 Å². The van der Waals surface area contributed by atoms with Crippen molar-refractivity contribution < 1.29 is 18.9 Å². The van der Waals surface area contributed by atoms with Gasteiger partial charge in [0.2, 0.25) is 0 Å². The predicted octanol–water partition coefficient (Wildman–Crippen LogP) is 2.37. The van der Waals surface area contributed by atoms with Gasteiger partial charge < -0.3 is 9.64 Å². The summed E-state index contributed by atoms with van der Waals surface area (Å²) in [6, 6.07) is 11.8. The van der Waals surface area contributed by atoms with E-state index in [1.54, 1.807) is 48.1 Å². The minimum atomic E-state index is -0.738. The van der Waals surface area contributed by atoms with Gasteiger partial charge in [0, 0.05) is 43.6 Å². The van der Waals surface area contributed by atoms with E-state index >= 15 is 0 Å². The Kier molecular flexibility index (Phi) is 7.19. The third-order valence-corrected chi connectivity index (χ3v) is 4.03. The molecule has 0 atom stereocenters. The molecule has 1 N–H and O–H groups in total. The second-order valence-electron chi connectivity index (χ2n) is 6.17. The first-order valence-electron chi connectivity index (χ1n) is 8.83. The summed E-state index contributed by atoms with van der Waals surface area (Å²) in [6.45, 7) is 1.79. The number of nitriles is 1. The van der Waals surface area contributed by atoms with Crippen molar-refractivity contribution in [1.82, 2.24) is 0 Å². The van der Waals surface area contributed by atoms with Gasteiger partial charge in [-0.3, -0.25) is 10.2 Å². The van der Waals surface area contributed by atoms with Crippen LogP contribution in [0.3, 0.4) is 0 Å². The van der Waals surface area contributed by atoms with Gasteiger partial charge in [-0.05, 0) is 37.1 Å². The summed E-state index contributed by atoms with van der Waals surface area (Å²) in [5.41, 5.74) is 1.67. The molecule has 146 valence electrons. The maximum Gasteiger partial charge on any atom is 0.347 e. The van der Waals surface area contributed by atoms with Crippen molar-refractivity contribution in [2.45, 2.75) is 6.92 Å². The minimum absolute atomic E-state index is 0.140. The number of rotatable bonds is 7. The molecule has 29 heavy (non-hydrogen) atoms. The van der Waals surface area contributed by atoms with E-state index in [0.29, 0.717) is 11.1 Å². The Morgan fingerprint density at radius 1 is 1.17 bits per heavy atom. The summed E-state index contributed by atoms with van der Waals surface area (Å²) in [5, 5.41) is 16.4. The van der Waals surface area contributed by atoms with E-state index < -0.39 is 5.97 Å². The van der Waals surface area contributed by atoms with Crippen molar-refractivity contribution in [3.05, 3.63) is 71.6 Å². The first-order valence-corrected chi connectivity index (χ1v) is 8.83. The number of carbonyl (C=O) groups is 2. The van der Waals surface area contributed by atoms with Gasteiger partial charge in [-0.2, -0.15) is 9.83 Å². The monoisotopic (exact) mass is 389 g/mol. The number of carbonyl (C=O) groups excluding carboxylic acids is 2. The molecule has 1 aromatic heterocycles. The van der Waals surface area contributed by atoms with E-state index in [9.17, 15) is 9.59 Å². The summed E-state index contributed by atoms with van der Waals surface area (Å²) in [4.78, 5) is 27.2. The summed E-state index contributed by atoms with van der Waals surface area (Å²) in [7, 11) is 3.80. The first-order chi connectivity index (χ1) is 13.9. The van der Waals surface area contributed by atoms with Crippen molar-refractivity contribution >= 4 is 29.0 Å². The molecular weight excluding hydrogens is 368 g/mol. The maximum atomic E-state index is 13.2. The fraction of sp³-hybridized carbons (Fsp3) is 0.182. The van der Waals surface area contributed by atoms with E-state index in [4.69, 9.17) is 15.4 Å². The number of pyridine rings is 1. The van der Waals surface area contributed by atoms with Crippen molar-refractivity contribution in [3.63, 3.8) is 0 Å². The number of nitrogens with one attached hydrogen (secondary N) is 1. The standard InChI is InChI=1S/C22H21N4O3/c1-4-29-22(28)18(15-24)13-20(26-11-9-19(10-12-26)25(2)3)21(27)17-7-5-16(14-23)6-8-17/h5-13,24H,4H2,1-3H3/q+1. The highest BCUT2D eigenvalue weighted by molar-refractivity contribution is 6.23. The van der Waals surface area contributed by atoms with Crippen LogP contribution < -0.4 is 9.47 Å². The molecule has 0 radical (unpaired) electrons. The summed E-state index contributed by atoms with van der Waals surface area (Å²) >= 11 is 0. The van der Waals surface area contributed by atoms with E-state index in [-0.39, 0.29) is 23.7 Å². The molecule has 0 aliphatic carbocycles. The number of benzene rings is 1. The molecule has 0 aliphatic rings. The minimum Gasteiger partial charge on any atom is -0.462 e. The van der Waals surface area contributed by atoms with Gasteiger partial charge >= 0.3 is 5.97 Å². The number of anilines is 1. The predicted molar refractivity (Wildman–Crippen MR) is 109 cm³/mol. The van der Waals surface area contributed by atoms with Crippen LogP contribution >= 0.6 is 0 Å². The largest absolute Gasteiger partial charge is 0.462 e. The van der Waals surface area contributed by atoms with Crippen LogP contribution in [0.4, 0.5) is 5.69 Å². The van der Waals surface area contributed by atoms with Crippen molar-refractivity contribution in [3.8, 4) is 6.07 Å². The quantitative estimate of drug-likeness (QED) is 0.196. The number of allylic oxidation sites excluding steroid dienone is 1. The van der Waals surface area contributed by atoms with Crippen LogP contribution in [0.2, 0.25) is 0 Å². The number of hydrogen-bond acceptors (Lipinski definition) is 6. The number of hydrogen-bond donors (Lipinski definition) is 1. The molecule has 0 saturated heterocycles. The zero-order valence-electron chi connectivity index (χ0n) is 16.5. The lowest BCUT2D eigenvalue weighted by molar-refractivity contribution is -0.576. The molecule has 0 bridgehead atoms. The van der Waals surface area contributed by atoms with Gasteiger partial charge in [0.25, 0.3) is 11.5 Å². The number of esters is 1. The van der Waals surface area contributed by atoms with Crippen LogP contribution in [0.5, 0.6) is 0 Å². The molecular formula is C22H21N4O3+. The molecule has 0 aliphatic heterocycles. The van der Waals surface area contributed by atoms with Crippen LogP contribution in [0, 0.1) is 16.7 Å². The fourth-order valence-corrected chi connectivity index (χ4v) is 2.47. The zero-order valence-corrected chi connectivity index (χ0v) is 16.5. The topological polar surface area (TPSA) is 98.1 Å². The molecule has 7 heteroatoms. The molecule has 0 saturated carbocycles. The van der Waals surface area contributed by atoms with E-state index in [1.165, 1.54) is 6.08 Å². The van der Waals surface area contributed by atoms with Gasteiger partial charge in [0.05, 0.1) is 18.2 Å². The average molecular weight is 389 g/mol. The van der Waals surface area contributed by atoms with Crippen LogP contribution in [0.25, 0.3) is 5.70 Å². The number of aromatic nitrogens is 1. The molecule has 2 rings (SSSR count). The van der Waals surface area contributed by atoms with Crippen LogP contribution in [0.15, 0.2) is 60.4 Å². The Balaban J connectivity index is 2.56. The first kappa shape index (κ1) is 21.3. The molecule has 0 unspecified atom stereocenters. The molecule has 0 fully saturated rings. The molecule has 7 nitrogen and oxygen atoms in total. The Morgan fingerprint density at radius 3 is 2.28 bits per heavy atom. The zero-order chi connectivity index (χ0) is 21.4. The second-order valence-corrected chi connectivity index (χ2v) is 6.17. The maximum absolute atomic E-state index is 13.2. The number of nitrogens with zero attached hydrogens (tertiary/aromatic N) is 3. The fourth-order valence-electron chi connectivity index (χ4n) is 2.47. The van der Waals surface area contributed by atoms with Gasteiger partial charge in [-0.25, -0.2) is 4.79 Å². The number of Topliss-reactive ketones (excluding diaryl/α,β-unsaturated/α-hetero) is 1. The van der Waals surface area contributed by atoms with Gasteiger partial charge in [0.15, 0.2) is 12.4 Å². The van der Waals surface area contributed by atoms with Crippen LogP contribution in [-0.2, 0) is 9.53 Å². The number of ether oxygens (including phenoxy) is 1. The highest BCUT2D eigenvalue weighted by atomic mass is 16.5. The molecule has 1 aromatic carbocycles. The van der Waals surface area contributed by atoms with Gasteiger partial charge in [-0.1, -0.05) is 0 Å². The lowest BCUT2D eigenvalue weighted by Gasteiger charge is -2.11. The van der Waals surface area contributed by atoms with Gasteiger partial charge in [0.1, 0.15) is 5.57 Å². The Bertz CT molecular complexity index is 1020. The third-order valence-electron chi connectivity index (χ3n) is 4.03.